The van der Waals surface area contributed by atoms with Crippen LogP contribution in [0.25, 0.3) is 10.9 Å². The maximum atomic E-state index is 14.7. The number of piperidine rings is 1. The second-order valence-electron chi connectivity index (χ2n) is 11.3. The number of anilines is 2. The summed E-state index contributed by atoms with van der Waals surface area (Å²) in [6, 6.07) is 9.23. The summed E-state index contributed by atoms with van der Waals surface area (Å²) in [6.45, 7) is 0.131. The second-order valence-corrected chi connectivity index (χ2v) is 13.2. The Morgan fingerprint density at radius 2 is 1.98 bits per heavy atom. The summed E-state index contributed by atoms with van der Waals surface area (Å²) in [7, 11) is -0.328. The summed E-state index contributed by atoms with van der Waals surface area (Å²) in [5.41, 5.74) is 2.14. The molecule has 0 radical (unpaired) electrons. The molecule has 0 aliphatic carbocycles. The van der Waals surface area contributed by atoms with Gasteiger partial charge in [-0.05, 0) is 49.7 Å². The zero-order valence-corrected chi connectivity index (χ0v) is 25.5. The molecule has 1 fully saturated rings. The Morgan fingerprint density at radius 1 is 1.16 bits per heavy atom. The van der Waals surface area contributed by atoms with Crippen LogP contribution in [-0.2, 0) is 29.9 Å². The molecule has 2 aromatic carbocycles. The van der Waals surface area contributed by atoms with Crippen molar-refractivity contribution in [1.82, 2.24) is 19.2 Å². The number of nitrogens with one attached hydrogen (secondary N) is 2. The van der Waals surface area contributed by atoms with Crippen LogP contribution in [0, 0.1) is 11.8 Å². The SMILES string of the molecule is CN1CCC(Nc2cccc3c2cc(C#CCNc2ccc(S(=O)(=O)c4cnn(C)c4)c4c2OCC4)n3CC(F)(F)F)C(F)C1. The minimum absolute atomic E-state index is 0.0578. The minimum atomic E-state index is -4.49. The van der Waals surface area contributed by atoms with Crippen molar-refractivity contribution in [3.05, 3.63) is 60.0 Å². The molecule has 0 saturated carbocycles. The van der Waals surface area contributed by atoms with E-state index in [0.717, 1.165) is 4.57 Å². The van der Waals surface area contributed by atoms with Crippen molar-refractivity contribution in [3.63, 3.8) is 0 Å². The van der Waals surface area contributed by atoms with E-state index < -0.39 is 34.8 Å². The van der Waals surface area contributed by atoms with Gasteiger partial charge in [0.2, 0.25) is 9.84 Å². The lowest BCUT2D eigenvalue weighted by atomic mass is 10.0. The van der Waals surface area contributed by atoms with E-state index in [1.165, 1.54) is 23.1 Å². The summed E-state index contributed by atoms with van der Waals surface area (Å²) < 4.78 is 90.5. The first kappa shape index (κ1) is 30.8. The first-order valence-corrected chi connectivity index (χ1v) is 15.9. The van der Waals surface area contributed by atoms with Crippen molar-refractivity contribution < 1.29 is 30.7 Å². The number of halogens is 4. The van der Waals surface area contributed by atoms with Gasteiger partial charge in [0, 0.05) is 49.4 Å². The maximum Gasteiger partial charge on any atom is 0.406 e. The summed E-state index contributed by atoms with van der Waals surface area (Å²) in [5.74, 6) is 6.17. The molecule has 9 nitrogen and oxygen atoms in total. The number of likely N-dealkylation sites (tertiary alicyclic amines) is 1. The zero-order valence-electron chi connectivity index (χ0n) is 24.7. The van der Waals surface area contributed by atoms with Crippen LogP contribution in [0.2, 0.25) is 0 Å². The molecule has 2 aliphatic rings. The van der Waals surface area contributed by atoms with E-state index >= 15 is 0 Å². The van der Waals surface area contributed by atoms with Gasteiger partial charge in [0.25, 0.3) is 0 Å². The molecule has 2 unspecified atom stereocenters. The van der Waals surface area contributed by atoms with Gasteiger partial charge in [-0.15, -0.1) is 0 Å². The predicted octanol–water partition coefficient (Wildman–Crippen LogP) is 4.62. The Balaban J connectivity index is 1.25. The molecule has 0 spiro atoms. The van der Waals surface area contributed by atoms with Crippen molar-refractivity contribution in [3.8, 4) is 17.6 Å². The van der Waals surface area contributed by atoms with Crippen molar-refractivity contribution in [2.75, 3.05) is 43.9 Å². The van der Waals surface area contributed by atoms with Crippen molar-refractivity contribution >= 4 is 32.1 Å². The van der Waals surface area contributed by atoms with Crippen LogP contribution in [0.15, 0.2) is 58.6 Å². The molecule has 1 saturated heterocycles. The van der Waals surface area contributed by atoms with Gasteiger partial charge in [-0.2, -0.15) is 18.3 Å². The van der Waals surface area contributed by atoms with Gasteiger partial charge in [-0.25, -0.2) is 12.8 Å². The summed E-state index contributed by atoms with van der Waals surface area (Å²) in [4.78, 5) is 2.12. The molecule has 0 amide bonds. The largest absolute Gasteiger partial charge is 0.491 e. The molecule has 2 aliphatic heterocycles. The first-order chi connectivity index (χ1) is 21.4. The van der Waals surface area contributed by atoms with Crippen LogP contribution in [-0.4, -0.2) is 79.3 Å². The van der Waals surface area contributed by atoms with E-state index in [9.17, 15) is 26.0 Å². The number of aryl methyl sites for hydroxylation is 1. The first-order valence-electron chi connectivity index (χ1n) is 14.4. The molecular formula is C31H32F4N6O3S. The average Bonchev–Trinajstić information content (AvgIpc) is 3.72. The average molecular weight is 645 g/mol. The van der Waals surface area contributed by atoms with Gasteiger partial charge in [0.15, 0.2) is 0 Å². The summed E-state index contributed by atoms with van der Waals surface area (Å²) >= 11 is 0. The highest BCUT2D eigenvalue weighted by Crippen LogP contribution is 2.40. The van der Waals surface area contributed by atoms with E-state index in [2.05, 4.69) is 27.6 Å². The zero-order chi connectivity index (χ0) is 31.9. The quantitative estimate of drug-likeness (QED) is 0.224. The third kappa shape index (κ3) is 6.32. The van der Waals surface area contributed by atoms with Crippen LogP contribution < -0.4 is 15.4 Å². The molecular weight excluding hydrogens is 612 g/mol. The van der Waals surface area contributed by atoms with Gasteiger partial charge in [0.05, 0.1) is 47.2 Å². The standard InChI is InChI=1S/C31H32F4N6O3S/c1-39-13-10-26(24(32)18-39)38-25-6-3-7-28-23(25)15-20(41(28)19-31(33,34)35)5-4-12-36-27-8-9-29(22-11-14-44-30(22)27)45(42,43)21-16-37-40(2)17-21/h3,6-9,15-17,24,26,36,38H,10-14,18-19H2,1-2H3. The van der Waals surface area contributed by atoms with Crippen LogP contribution in [0.4, 0.5) is 28.9 Å². The fourth-order valence-electron chi connectivity index (χ4n) is 5.88. The molecule has 2 N–H and O–H groups in total. The third-order valence-corrected chi connectivity index (χ3v) is 9.84. The van der Waals surface area contributed by atoms with Crippen LogP contribution >= 0.6 is 0 Å². The number of alkyl halides is 4. The summed E-state index contributed by atoms with van der Waals surface area (Å²) in [6.07, 6.45) is -1.90. The van der Waals surface area contributed by atoms with E-state index in [1.807, 2.05) is 11.9 Å². The minimum Gasteiger partial charge on any atom is -0.491 e. The van der Waals surface area contributed by atoms with E-state index in [4.69, 9.17) is 4.74 Å². The van der Waals surface area contributed by atoms with Gasteiger partial charge in [-0.3, -0.25) is 4.68 Å². The Morgan fingerprint density at radius 3 is 2.71 bits per heavy atom. The van der Waals surface area contributed by atoms with Crippen molar-refractivity contribution in [1.29, 1.82) is 0 Å². The lowest BCUT2D eigenvalue weighted by Crippen LogP contribution is -2.46. The Labute approximate surface area is 258 Å². The van der Waals surface area contributed by atoms with Gasteiger partial charge in [0.1, 0.15) is 23.4 Å². The molecule has 2 aromatic heterocycles. The molecule has 238 valence electrons. The number of benzene rings is 2. The van der Waals surface area contributed by atoms with Crippen LogP contribution in [0.5, 0.6) is 5.75 Å². The number of sulfone groups is 1. The van der Waals surface area contributed by atoms with Gasteiger partial charge < -0.3 is 24.8 Å². The number of rotatable bonds is 7. The number of aromatic nitrogens is 3. The maximum absolute atomic E-state index is 14.7. The van der Waals surface area contributed by atoms with E-state index in [-0.39, 0.29) is 28.6 Å². The van der Waals surface area contributed by atoms with E-state index in [1.54, 1.807) is 37.4 Å². The van der Waals surface area contributed by atoms with Crippen LogP contribution in [0.3, 0.4) is 0 Å². The molecule has 45 heavy (non-hydrogen) atoms. The molecule has 4 aromatic rings. The van der Waals surface area contributed by atoms with Gasteiger partial charge >= 0.3 is 6.18 Å². The third-order valence-electron chi connectivity index (χ3n) is 8.05. The fraction of sp³-hybridized carbons (Fsp3) is 0.387. The highest BCUT2D eigenvalue weighted by molar-refractivity contribution is 7.91. The Kier molecular flexibility index (Phi) is 8.17. The Bertz CT molecular complexity index is 1910. The highest BCUT2D eigenvalue weighted by atomic mass is 32.2. The van der Waals surface area contributed by atoms with Crippen molar-refractivity contribution in [2.45, 2.75) is 47.6 Å². The number of fused-ring (bicyclic) bond motifs is 2. The van der Waals surface area contributed by atoms with E-state index in [0.29, 0.717) is 59.6 Å². The Hall–Kier alpha value is -4.22. The predicted molar refractivity (Wildman–Crippen MR) is 162 cm³/mol. The molecule has 14 heteroatoms. The lowest BCUT2D eigenvalue weighted by molar-refractivity contribution is -0.140. The normalized spacial score (nSPS) is 18.7. The molecule has 4 heterocycles. The summed E-state index contributed by atoms with van der Waals surface area (Å²) in [5, 5.41) is 10.8. The highest BCUT2D eigenvalue weighted by Gasteiger charge is 2.32. The second kappa shape index (κ2) is 11.9. The smallest absolute Gasteiger partial charge is 0.406 e. The van der Waals surface area contributed by atoms with Crippen LogP contribution in [0.1, 0.15) is 17.7 Å². The number of nitrogens with zero attached hydrogens (tertiary/aromatic N) is 4. The molecule has 6 rings (SSSR count). The fourth-order valence-corrected chi connectivity index (χ4v) is 7.38. The number of ether oxygens (including phenoxy) is 1. The monoisotopic (exact) mass is 644 g/mol. The molecule has 2 atom stereocenters. The van der Waals surface area contributed by atoms with Gasteiger partial charge in [-0.1, -0.05) is 12.0 Å². The number of hydrogen-bond acceptors (Lipinski definition) is 7. The lowest BCUT2D eigenvalue weighted by Gasteiger charge is -2.33. The number of hydrogen-bond donors (Lipinski definition) is 2. The van der Waals surface area contributed by atoms with Crippen molar-refractivity contribution in [2.24, 2.45) is 7.05 Å². The molecule has 0 bridgehead atoms. The topological polar surface area (TPSA) is 93.4 Å².